The van der Waals surface area contributed by atoms with E-state index in [1.807, 2.05) is 6.07 Å². The van der Waals surface area contributed by atoms with Gasteiger partial charge in [0.05, 0.1) is 11.6 Å². The first-order valence-electron chi connectivity index (χ1n) is 5.89. The lowest BCUT2D eigenvalue weighted by molar-refractivity contribution is -0.111. The maximum Gasteiger partial charge on any atom is 0.127 e. The predicted octanol–water partition coefficient (Wildman–Crippen LogP) is 3.17. The molecule has 1 aliphatic rings. The van der Waals surface area contributed by atoms with E-state index in [0.717, 1.165) is 32.0 Å². The van der Waals surface area contributed by atoms with Crippen molar-refractivity contribution in [3.8, 4) is 6.07 Å². The van der Waals surface area contributed by atoms with Crippen LogP contribution in [0.4, 0.5) is 4.39 Å². The minimum Gasteiger partial charge on any atom is -0.303 e. The number of rotatable bonds is 2. The van der Waals surface area contributed by atoms with Crippen LogP contribution < -0.4 is 0 Å². The molecule has 0 radical (unpaired) electrons. The standard InChI is InChI=1S/C14H14FNO/c15-14-7-11(8-16)3-6-13(14)12-4-1-10(9-17)2-5-12/h3,6-7,9-10,12H,1-2,4-5H2/t10-,12-. The minimum absolute atomic E-state index is 0.146. The third kappa shape index (κ3) is 2.52. The summed E-state index contributed by atoms with van der Waals surface area (Å²) in [6.07, 6.45) is 4.39. The number of carbonyl (C=O) groups excluding carboxylic acids is 1. The van der Waals surface area contributed by atoms with E-state index in [0.29, 0.717) is 11.1 Å². The molecule has 17 heavy (non-hydrogen) atoms. The van der Waals surface area contributed by atoms with E-state index < -0.39 is 0 Å². The molecule has 3 heteroatoms. The van der Waals surface area contributed by atoms with Crippen molar-refractivity contribution in [1.82, 2.24) is 0 Å². The van der Waals surface area contributed by atoms with Crippen LogP contribution in [0.15, 0.2) is 18.2 Å². The number of hydrogen-bond donors (Lipinski definition) is 0. The number of hydrogen-bond acceptors (Lipinski definition) is 2. The second kappa shape index (κ2) is 5.09. The van der Waals surface area contributed by atoms with Gasteiger partial charge >= 0.3 is 0 Å². The first kappa shape index (κ1) is 11.8. The quantitative estimate of drug-likeness (QED) is 0.733. The van der Waals surface area contributed by atoms with Crippen LogP contribution in [-0.4, -0.2) is 6.29 Å². The van der Waals surface area contributed by atoms with Crippen molar-refractivity contribution in [2.75, 3.05) is 0 Å². The molecule has 1 aromatic rings. The Balaban J connectivity index is 2.14. The highest BCUT2D eigenvalue weighted by atomic mass is 19.1. The molecule has 0 spiro atoms. The summed E-state index contributed by atoms with van der Waals surface area (Å²) in [5.41, 5.74) is 1.04. The summed E-state index contributed by atoms with van der Waals surface area (Å²) >= 11 is 0. The van der Waals surface area contributed by atoms with Crippen molar-refractivity contribution >= 4 is 6.29 Å². The molecule has 1 saturated carbocycles. The monoisotopic (exact) mass is 231 g/mol. The maximum atomic E-state index is 13.8. The van der Waals surface area contributed by atoms with Gasteiger partial charge in [0.2, 0.25) is 0 Å². The Morgan fingerprint density at radius 1 is 1.29 bits per heavy atom. The third-order valence-electron chi connectivity index (χ3n) is 3.53. The number of nitriles is 1. The van der Waals surface area contributed by atoms with Gasteiger partial charge in [0, 0.05) is 5.92 Å². The molecule has 0 amide bonds. The van der Waals surface area contributed by atoms with E-state index in [4.69, 9.17) is 5.26 Å². The second-order valence-corrected chi connectivity index (χ2v) is 4.60. The van der Waals surface area contributed by atoms with Crippen molar-refractivity contribution in [2.24, 2.45) is 5.92 Å². The SMILES string of the molecule is N#Cc1ccc([C@H]2CC[C@H](C=O)CC2)c(F)c1. The molecule has 0 bridgehead atoms. The average Bonchev–Trinajstić information content (AvgIpc) is 2.39. The predicted molar refractivity (Wildman–Crippen MR) is 61.9 cm³/mol. The first-order valence-corrected chi connectivity index (χ1v) is 5.89. The van der Waals surface area contributed by atoms with Crippen LogP contribution in [0.2, 0.25) is 0 Å². The molecular formula is C14H14FNO. The highest BCUT2D eigenvalue weighted by Crippen LogP contribution is 2.36. The van der Waals surface area contributed by atoms with E-state index in [1.165, 1.54) is 6.07 Å². The Hall–Kier alpha value is -1.69. The fourth-order valence-electron chi connectivity index (χ4n) is 2.49. The Morgan fingerprint density at radius 2 is 2.00 bits per heavy atom. The lowest BCUT2D eigenvalue weighted by atomic mass is 9.79. The summed E-state index contributed by atoms with van der Waals surface area (Å²) in [5.74, 6) is 0.0465. The zero-order chi connectivity index (χ0) is 12.3. The van der Waals surface area contributed by atoms with Gasteiger partial charge in [-0.25, -0.2) is 4.39 Å². The first-order chi connectivity index (χ1) is 8.24. The van der Waals surface area contributed by atoms with Crippen molar-refractivity contribution in [2.45, 2.75) is 31.6 Å². The normalized spacial score (nSPS) is 24.0. The largest absolute Gasteiger partial charge is 0.303 e. The molecule has 0 unspecified atom stereocenters. The molecule has 2 rings (SSSR count). The summed E-state index contributed by atoms with van der Waals surface area (Å²) in [6, 6.07) is 6.59. The minimum atomic E-state index is -0.293. The van der Waals surface area contributed by atoms with E-state index in [-0.39, 0.29) is 17.7 Å². The van der Waals surface area contributed by atoms with E-state index in [1.54, 1.807) is 12.1 Å². The summed E-state index contributed by atoms with van der Waals surface area (Å²) in [6.45, 7) is 0. The molecule has 0 N–H and O–H groups in total. The van der Waals surface area contributed by atoms with Crippen molar-refractivity contribution in [1.29, 1.82) is 5.26 Å². The number of benzene rings is 1. The van der Waals surface area contributed by atoms with Gasteiger partial charge in [-0.1, -0.05) is 6.07 Å². The second-order valence-electron chi connectivity index (χ2n) is 4.60. The van der Waals surface area contributed by atoms with Crippen LogP contribution in [0.25, 0.3) is 0 Å². The van der Waals surface area contributed by atoms with E-state index >= 15 is 0 Å². The highest BCUT2D eigenvalue weighted by Gasteiger charge is 2.23. The molecule has 1 aromatic carbocycles. The molecule has 0 atom stereocenters. The van der Waals surface area contributed by atoms with Crippen molar-refractivity contribution in [3.05, 3.63) is 35.1 Å². The molecule has 0 heterocycles. The summed E-state index contributed by atoms with van der Waals surface area (Å²) in [4.78, 5) is 10.6. The molecule has 0 aliphatic heterocycles. The Morgan fingerprint density at radius 3 is 2.53 bits per heavy atom. The molecule has 1 fully saturated rings. The Bertz CT molecular complexity index is 456. The molecule has 0 saturated heterocycles. The molecule has 2 nitrogen and oxygen atoms in total. The molecule has 88 valence electrons. The van der Waals surface area contributed by atoms with Gasteiger partial charge in [-0.05, 0) is 49.3 Å². The zero-order valence-corrected chi connectivity index (χ0v) is 9.53. The third-order valence-corrected chi connectivity index (χ3v) is 3.53. The van der Waals surface area contributed by atoms with Crippen LogP contribution >= 0.6 is 0 Å². The fraction of sp³-hybridized carbons (Fsp3) is 0.429. The van der Waals surface area contributed by atoms with Crippen LogP contribution in [0.5, 0.6) is 0 Å². The highest BCUT2D eigenvalue weighted by molar-refractivity contribution is 5.53. The van der Waals surface area contributed by atoms with Gasteiger partial charge in [0.1, 0.15) is 12.1 Å². The van der Waals surface area contributed by atoms with Crippen LogP contribution in [0, 0.1) is 23.1 Å². The Labute approximate surface area is 100 Å². The van der Waals surface area contributed by atoms with Gasteiger partial charge in [-0.3, -0.25) is 0 Å². The molecule has 0 aromatic heterocycles. The Kier molecular flexibility index (Phi) is 3.53. The van der Waals surface area contributed by atoms with Gasteiger partial charge in [-0.15, -0.1) is 0 Å². The maximum absolute atomic E-state index is 13.8. The molecular weight excluding hydrogens is 217 g/mol. The topological polar surface area (TPSA) is 40.9 Å². The van der Waals surface area contributed by atoms with E-state index in [2.05, 4.69) is 0 Å². The van der Waals surface area contributed by atoms with Gasteiger partial charge in [-0.2, -0.15) is 5.26 Å². The lowest BCUT2D eigenvalue weighted by Crippen LogP contribution is -2.15. The number of carbonyl (C=O) groups is 1. The fourth-order valence-corrected chi connectivity index (χ4v) is 2.49. The van der Waals surface area contributed by atoms with Gasteiger partial charge in [0.25, 0.3) is 0 Å². The zero-order valence-electron chi connectivity index (χ0n) is 9.53. The van der Waals surface area contributed by atoms with Crippen LogP contribution in [-0.2, 0) is 4.79 Å². The van der Waals surface area contributed by atoms with Crippen molar-refractivity contribution < 1.29 is 9.18 Å². The molecule has 1 aliphatic carbocycles. The summed E-state index contributed by atoms with van der Waals surface area (Å²) < 4.78 is 13.8. The number of halogens is 1. The smallest absolute Gasteiger partial charge is 0.127 e. The summed E-state index contributed by atoms with van der Waals surface area (Å²) in [7, 11) is 0. The van der Waals surface area contributed by atoms with Gasteiger partial charge in [0.15, 0.2) is 0 Å². The lowest BCUT2D eigenvalue weighted by Gasteiger charge is -2.26. The van der Waals surface area contributed by atoms with Gasteiger partial charge < -0.3 is 4.79 Å². The number of nitrogens with zero attached hydrogens (tertiary/aromatic N) is 1. The van der Waals surface area contributed by atoms with Crippen LogP contribution in [0.3, 0.4) is 0 Å². The summed E-state index contributed by atoms with van der Waals surface area (Å²) in [5, 5.41) is 8.67. The number of aldehydes is 1. The van der Waals surface area contributed by atoms with Crippen LogP contribution in [0.1, 0.15) is 42.7 Å². The van der Waals surface area contributed by atoms with Crippen molar-refractivity contribution in [3.63, 3.8) is 0 Å². The van der Waals surface area contributed by atoms with E-state index in [9.17, 15) is 9.18 Å². The average molecular weight is 231 g/mol.